The summed E-state index contributed by atoms with van der Waals surface area (Å²) in [5.74, 6) is 0.532. The van der Waals surface area contributed by atoms with E-state index in [0.29, 0.717) is 43.0 Å². The van der Waals surface area contributed by atoms with E-state index in [4.69, 9.17) is 4.74 Å². The highest BCUT2D eigenvalue weighted by Crippen LogP contribution is 2.77. The molecule has 1 heterocycles. The highest BCUT2D eigenvalue weighted by Gasteiger charge is 2.70. The van der Waals surface area contributed by atoms with Crippen LogP contribution >= 0.6 is 0 Å². The van der Waals surface area contributed by atoms with Gasteiger partial charge in [0.25, 0.3) is 5.91 Å². The van der Waals surface area contributed by atoms with E-state index in [1.807, 2.05) is 23.1 Å². The van der Waals surface area contributed by atoms with Gasteiger partial charge in [0.1, 0.15) is 6.10 Å². The maximum atomic E-state index is 14.1. The Morgan fingerprint density at radius 1 is 0.923 bits per heavy atom. The number of aliphatic carboxylic acids is 1. The molecule has 2 unspecified atom stereocenters. The first-order valence-electron chi connectivity index (χ1n) is 20.3. The van der Waals surface area contributed by atoms with E-state index in [2.05, 4.69) is 54.5 Å². The van der Waals surface area contributed by atoms with E-state index in [-0.39, 0.29) is 51.4 Å². The molecular formula is C45H63NO6. The Balaban J connectivity index is 1.15. The molecule has 0 aromatic heterocycles. The normalized spacial score (nSPS) is 38.0. The van der Waals surface area contributed by atoms with Crippen molar-refractivity contribution in [3.8, 4) is 0 Å². The van der Waals surface area contributed by atoms with Crippen LogP contribution in [0.3, 0.4) is 0 Å². The predicted molar refractivity (Wildman–Crippen MR) is 201 cm³/mol. The Bertz CT molecular complexity index is 1720. The van der Waals surface area contributed by atoms with Gasteiger partial charge in [0.15, 0.2) is 5.78 Å². The van der Waals surface area contributed by atoms with Gasteiger partial charge in [0, 0.05) is 35.9 Å². The monoisotopic (exact) mass is 713 g/mol. The lowest BCUT2D eigenvalue weighted by Crippen LogP contribution is -2.65. The summed E-state index contributed by atoms with van der Waals surface area (Å²) in [5, 5.41) is 9.61. The third-order valence-electron chi connectivity index (χ3n) is 16.7. The number of allylic oxidation sites excluding steroid dienone is 2. The molecule has 7 rings (SSSR count). The van der Waals surface area contributed by atoms with Crippen molar-refractivity contribution in [1.82, 2.24) is 4.90 Å². The Kier molecular flexibility index (Phi) is 8.82. The summed E-state index contributed by atoms with van der Waals surface area (Å²) >= 11 is 0. The third kappa shape index (κ3) is 5.31. The number of hydrogen-bond donors (Lipinski definition) is 1. The molecule has 0 radical (unpaired) electrons. The van der Waals surface area contributed by atoms with Crippen molar-refractivity contribution in [2.75, 3.05) is 6.54 Å². The number of amides is 1. The minimum atomic E-state index is -1.16. The molecule has 0 bridgehead atoms. The van der Waals surface area contributed by atoms with E-state index in [1.54, 1.807) is 13.8 Å². The van der Waals surface area contributed by atoms with Crippen LogP contribution < -0.4 is 0 Å². The molecule has 4 fully saturated rings. The lowest BCUT2D eigenvalue weighted by Gasteiger charge is -2.72. The molecule has 52 heavy (non-hydrogen) atoms. The fourth-order valence-electron chi connectivity index (χ4n) is 13.7. The molecule has 7 heteroatoms. The number of hydrogen-bond acceptors (Lipinski definition) is 5. The number of rotatable bonds is 8. The van der Waals surface area contributed by atoms with Gasteiger partial charge in [-0.2, -0.15) is 0 Å². The molecule has 8 atom stereocenters. The molecule has 5 aliphatic carbocycles. The van der Waals surface area contributed by atoms with Crippen molar-refractivity contribution in [3.63, 3.8) is 0 Å². The van der Waals surface area contributed by atoms with Crippen molar-refractivity contribution in [2.24, 2.45) is 56.2 Å². The fourth-order valence-corrected chi connectivity index (χ4v) is 13.7. The average Bonchev–Trinajstić information content (AvgIpc) is 3.54. The topological polar surface area (TPSA) is 101 Å². The zero-order chi connectivity index (χ0) is 37.8. The molecule has 1 amide bonds. The minimum absolute atomic E-state index is 0.0586. The summed E-state index contributed by atoms with van der Waals surface area (Å²) < 4.78 is 6.18. The number of carboxylic acids is 1. The number of carbonyl (C=O) groups is 4. The van der Waals surface area contributed by atoms with E-state index >= 15 is 0 Å². The molecule has 0 spiro atoms. The number of fused-ring (bicyclic) bond motifs is 8. The summed E-state index contributed by atoms with van der Waals surface area (Å²) in [4.78, 5) is 54.4. The molecule has 4 saturated carbocycles. The zero-order valence-electron chi connectivity index (χ0n) is 33.3. The number of ether oxygens (including phenoxy) is 1. The van der Waals surface area contributed by atoms with Crippen LogP contribution in [0.4, 0.5) is 0 Å². The van der Waals surface area contributed by atoms with Gasteiger partial charge in [-0.1, -0.05) is 72.2 Å². The van der Waals surface area contributed by atoms with E-state index < -0.39 is 17.4 Å². The number of benzene rings is 1. The van der Waals surface area contributed by atoms with E-state index in [1.165, 1.54) is 5.57 Å². The summed E-state index contributed by atoms with van der Waals surface area (Å²) in [6.45, 7) is 21.2. The summed E-state index contributed by atoms with van der Waals surface area (Å²) in [6.07, 6.45) is 9.41. The molecular weight excluding hydrogens is 650 g/mol. The van der Waals surface area contributed by atoms with Crippen LogP contribution in [0.5, 0.6) is 0 Å². The van der Waals surface area contributed by atoms with Gasteiger partial charge >= 0.3 is 11.9 Å². The number of esters is 1. The fraction of sp³-hybridized carbons (Fsp3) is 0.733. The van der Waals surface area contributed by atoms with Crippen molar-refractivity contribution in [2.45, 2.75) is 146 Å². The molecule has 1 aromatic carbocycles. The molecule has 284 valence electrons. The minimum Gasteiger partial charge on any atom is -0.481 e. The summed E-state index contributed by atoms with van der Waals surface area (Å²) in [6, 6.07) is 7.97. The highest BCUT2D eigenvalue weighted by molar-refractivity contribution is 6.01. The van der Waals surface area contributed by atoms with Gasteiger partial charge in [-0.3, -0.25) is 19.2 Å². The second kappa shape index (κ2) is 12.3. The van der Waals surface area contributed by atoms with Crippen molar-refractivity contribution < 1.29 is 29.0 Å². The Morgan fingerprint density at radius 3 is 2.31 bits per heavy atom. The first kappa shape index (κ1) is 37.4. The van der Waals surface area contributed by atoms with E-state index in [9.17, 15) is 24.3 Å². The molecule has 6 aliphatic rings. The number of ketones is 1. The van der Waals surface area contributed by atoms with Crippen LogP contribution in [0.25, 0.3) is 0 Å². The van der Waals surface area contributed by atoms with Crippen molar-refractivity contribution in [1.29, 1.82) is 0 Å². The van der Waals surface area contributed by atoms with Gasteiger partial charge in [-0.05, 0) is 129 Å². The molecule has 1 N–H and O–H groups in total. The second-order valence-electron chi connectivity index (χ2n) is 20.3. The van der Waals surface area contributed by atoms with Crippen LogP contribution in [0, 0.1) is 56.2 Å². The quantitative estimate of drug-likeness (QED) is 0.270. The lowest BCUT2D eigenvalue weighted by molar-refractivity contribution is -0.233. The van der Waals surface area contributed by atoms with Crippen molar-refractivity contribution in [3.05, 3.63) is 46.5 Å². The van der Waals surface area contributed by atoms with Gasteiger partial charge in [-0.25, -0.2) is 0 Å². The Hall–Kier alpha value is -2.96. The summed E-state index contributed by atoms with van der Waals surface area (Å²) in [5.41, 5.74) is 3.20. The second-order valence-corrected chi connectivity index (χ2v) is 20.3. The van der Waals surface area contributed by atoms with Gasteiger partial charge in [0.05, 0.1) is 11.8 Å². The smallest absolute Gasteiger partial charge is 0.309 e. The van der Waals surface area contributed by atoms with Crippen LogP contribution in [0.2, 0.25) is 0 Å². The molecule has 0 saturated heterocycles. The molecule has 1 aliphatic heterocycles. The largest absolute Gasteiger partial charge is 0.481 e. The zero-order valence-corrected chi connectivity index (χ0v) is 33.3. The van der Waals surface area contributed by atoms with Crippen LogP contribution in [-0.2, 0) is 25.7 Å². The highest BCUT2D eigenvalue weighted by atomic mass is 16.5. The standard InChI is InChI=1S/C45H63NO6/c1-27(2)36-31(47)24-45(22-23-46-26-28-12-10-11-13-29(28)38(46)49)21-20-43(8)30(37(36)45)14-15-33-42(7)18-17-34(52-35(48)25-40(3,4)39(50)51)41(5,6)32(42)16-19-44(33,43)9/h10-13,27,30,32-34H,14-26H2,1-9H3,(H,50,51)/t30-,32?,33?,34+,42+,43-,44-,45-/m1/s1. The number of nitrogens with zero attached hydrogens (tertiary/aromatic N) is 1. The van der Waals surface area contributed by atoms with E-state index in [0.717, 1.165) is 74.5 Å². The Labute approximate surface area is 311 Å². The predicted octanol–water partition coefficient (Wildman–Crippen LogP) is 9.43. The number of Topliss-reactive ketones (excluding diaryl/α,β-unsaturated/α-hetero) is 1. The van der Waals surface area contributed by atoms with Crippen molar-refractivity contribution >= 4 is 23.6 Å². The van der Waals surface area contributed by atoms with Crippen LogP contribution in [0.1, 0.15) is 149 Å². The molecule has 1 aromatic rings. The first-order valence-corrected chi connectivity index (χ1v) is 20.3. The summed E-state index contributed by atoms with van der Waals surface area (Å²) in [7, 11) is 0. The maximum Gasteiger partial charge on any atom is 0.309 e. The third-order valence-corrected chi connectivity index (χ3v) is 16.7. The lowest BCUT2D eigenvalue weighted by atomic mass is 9.33. The maximum absolute atomic E-state index is 14.1. The number of carbonyl (C=O) groups excluding carboxylic acids is 3. The first-order chi connectivity index (χ1) is 24.2. The van der Waals surface area contributed by atoms with Crippen LogP contribution in [-0.4, -0.2) is 46.3 Å². The Morgan fingerprint density at radius 2 is 1.63 bits per heavy atom. The average molecular weight is 714 g/mol. The van der Waals surface area contributed by atoms with Gasteiger partial charge in [0.2, 0.25) is 0 Å². The van der Waals surface area contributed by atoms with Gasteiger partial charge < -0.3 is 14.7 Å². The molecule has 7 nitrogen and oxygen atoms in total. The van der Waals surface area contributed by atoms with Gasteiger partial charge in [-0.15, -0.1) is 0 Å². The number of carboxylic acid groups (broad SMARTS) is 1. The SMILES string of the molecule is CC(C)C1=C2[C@H]3CCC4[C@@]5(C)CC[C@H](OC(=O)CC(C)(C)C(=O)O)C(C)(C)C5CC[C@@]4(C)[C@]3(C)CC[C@@]2(CCN2Cc3ccccc3C2=O)CC1=O. The van der Waals surface area contributed by atoms with Crippen LogP contribution in [0.15, 0.2) is 35.4 Å².